The summed E-state index contributed by atoms with van der Waals surface area (Å²) in [5.41, 5.74) is 4.67. The van der Waals surface area contributed by atoms with Gasteiger partial charge in [-0.3, -0.25) is 0 Å². The van der Waals surface area contributed by atoms with Gasteiger partial charge in [-0.15, -0.1) is 0 Å². The van der Waals surface area contributed by atoms with Crippen LogP contribution in [-0.2, 0) is 9.53 Å². The number of esters is 1. The van der Waals surface area contributed by atoms with Gasteiger partial charge in [0.05, 0.1) is 13.0 Å². The highest BCUT2D eigenvalue weighted by molar-refractivity contribution is 5.82. The molecule has 0 aliphatic heterocycles. The van der Waals surface area contributed by atoms with Gasteiger partial charge in [-0.25, -0.2) is 4.79 Å². The minimum atomic E-state index is -7.96. The summed E-state index contributed by atoms with van der Waals surface area (Å²) in [6.07, 6.45) is -9.66. The van der Waals surface area contributed by atoms with E-state index in [0.29, 0.717) is 6.08 Å². The van der Waals surface area contributed by atoms with Crippen LogP contribution in [0.1, 0.15) is 13.3 Å². The summed E-state index contributed by atoms with van der Waals surface area (Å²) in [6, 6.07) is 0. The second-order valence-corrected chi connectivity index (χ2v) is 5.31. The average Bonchev–Trinajstić information content (AvgIpc) is 2.43. The molecule has 0 aliphatic rings. The standard InChI is InChI=1S/C12H10F13NO2/c1-5(26)4-6(27)28-3-2-7(13,14)8(15,16)9(17,18)10(19,20)11(21,22)12(23,24)25/h4H,2-3,26H2,1H3/b5-4-. The molecule has 0 aromatic carbocycles. The Morgan fingerprint density at radius 1 is 0.786 bits per heavy atom. The van der Waals surface area contributed by atoms with Gasteiger partial charge in [0.2, 0.25) is 0 Å². The molecule has 0 saturated carbocycles. The topological polar surface area (TPSA) is 52.3 Å². The third-order valence-electron chi connectivity index (χ3n) is 3.00. The van der Waals surface area contributed by atoms with E-state index in [0.717, 1.165) is 6.92 Å². The maximum atomic E-state index is 13.3. The van der Waals surface area contributed by atoms with Crippen LogP contribution in [0, 0.1) is 0 Å². The molecule has 3 nitrogen and oxygen atoms in total. The van der Waals surface area contributed by atoms with Crippen molar-refractivity contribution >= 4 is 5.97 Å². The van der Waals surface area contributed by atoms with Crippen LogP contribution in [0.5, 0.6) is 0 Å². The van der Waals surface area contributed by atoms with Gasteiger partial charge < -0.3 is 10.5 Å². The summed E-state index contributed by atoms with van der Waals surface area (Å²) in [5.74, 6) is -38.8. The molecule has 0 radical (unpaired) electrons. The first-order chi connectivity index (χ1) is 12.1. The molecule has 0 spiro atoms. The lowest BCUT2D eigenvalue weighted by Crippen LogP contribution is -2.70. The zero-order chi connectivity index (χ0) is 23.0. The molecule has 0 fully saturated rings. The second-order valence-electron chi connectivity index (χ2n) is 5.31. The van der Waals surface area contributed by atoms with E-state index in [1.165, 1.54) is 0 Å². The van der Waals surface area contributed by atoms with E-state index in [2.05, 4.69) is 4.74 Å². The lowest BCUT2D eigenvalue weighted by molar-refractivity contribution is -0.440. The Morgan fingerprint density at radius 3 is 1.54 bits per heavy atom. The van der Waals surface area contributed by atoms with E-state index in [-0.39, 0.29) is 5.70 Å². The molecule has 0 rings (SSSR count). The summed E-state index contributed by atoms with van der Waals surface area (Å²) >= 11 is 0. The largest absolute Gasteiger partial charge is 0.462 e. The third-order valence-corrected chi connectivity index (χ3v) is 3.00. The number of carbonyl (C=O) groups excluding carboxylic acids is 1. The van der Waals surface area contributed by atoms with Gasteiger partial charge in [0, 0.05) is 11.8 Å². The van der Waals surface area contributed by atoms with Gasteiger partial charge in [0.1, 0.15) is 0 Å². The van der Waals surface area contributed by atoms with Crippen LogP contribution in [0.15, 0.2) is 11.8 Å². The molecule has 0 heterocycles. The Kier molecular flexibility index (Phi) is 6.99. The van der Waals surface area contributed by atoms with Crippen LogP contribution >= 0.6 is 0 Å². The first-order valence-electron chi connectivity index (χ1n) is 6.62. The molecule has 16 heteroatoms. The Morgan fingerprint density at radius 2 is 1.18 bits per heavy atom. The predicted octanol–water partition coefficient (Wildman–Crippen LogP) is 4.52. The zero-order valence-corrected chi connectivity index (χ0v) is 13.3. The fraction of sp³-hybridized carbons (Fsp3) is 0.750. The molecular formula is C12H10F13NO2. The number of allylic oxidation sites excluding steroid dienone is 1. The first-order valence-corrected chi connectivity index (χ1v) is 6.62. The maximum absolute atomic E-state index is 13.3. The van der Waals surface area contributed by atoms with Crippen molar-refractivity contribution in [1.29, 1.82) is 0 Å². The van der Waals surface area contributed by atoms with Gasteiger partial charge in [-0.1, -0.05) is 0 Å². The fourth-order valence-corrected chi connectivity index (χ4v) is 1.47. The van der Waals surface area contributed by atoms with Gasteiger partial charge in [-0.05, 0) is 6.92 Å². The third kappa shape index (κ3) is 4.39. The summed E-state index contributed by atoms with van der Waals surface area (Å²) < 4.78 is 170. The second kappa shape index (κ2) is 7.50. The van der Waals surface area contributed by atoms with Crippen molar-refractivity contribution in [3.8, 4) is 0 Å². The highest BCUT2D eigenvalue weighted by Gasteiger charge is 2.90. The van der Waals surface area contributed by atoms with E-state index < -0.39 is 54.8 Å². The van der Waals surface area contributed by atoms with Crippen molar-refractivity contribution in [1.82, 2.24) is 0 Å². The summed E-state index contributed by atoms with van der Waals surface area (Å²) in [6.45, 7) is -0.740. The number of hydrogen-bond acceptors (Lipinski definition) is 3. The number of alkyl halides is 13. The minimum absolute atomic E-state index is 0.275. The number of rotatable bonds is 8. The van der Waals surface area contributed by atoms with Gasteiger partial charge in [0.15, 0.2) is 0 Å². The number of ether oxygens (including phenoxy) is 1. The van der Waals surface area contributed by atoms with Crippen molar-refractivity contribution in [2.45, 2.75) is 49.1 Å². The predicted molar refractivity (Wildman–Crippen MR) is 64.3 cm³/mol. The van der Waals surface area contributed by atoms with E-state index >= 15 is 0 Å². The molecule has 0 aromatic heterocycles. The Labute approximate surface area is 147 Å². The molecule has 0 bridgehead atoms. The van der Waals surface area contributed by atoms with Crippen LogP contribution in [0.25, 0.3) is 0 Å². The molecule has 28 heavy (non-hydrogen) atoms. The fourth-order valence-electron chi connectivity index (χ4n) is 1.47. The van der Waals surface area contributed by atoms with E-state index in [1.54, 1.807) is 0 Å². The van der Waals surface area contributed by atoms with E-state index in [9.17, 15) is 61.9 Å². The molecule has 0 aliphatic carbocycles. The number of carbonyl (C=O) groups is 1. The summed E-state index contributed by atoms with van der Waals surface area (Å²) in [7, 11) is 0. The van der Waals surface area contributed by atoms with Crippen LogP contribution in [0.2, 0.25) is 0 Å². The lowest BCUT2D eigenvalue weighted by Gasteiger charge is -2.39. The Bertz CT molecular complexity index is 605. The van der Waals surface area contributed by atoms with Crippen LogP contribution in [0.4, 0.5) is 57.1 Å². The normalized spacial score (nSPS) is 15.6. The van der Waals surface area contributed by atoms with Gasteiger partial charge >= 0.3 is 41.8 Å². The molecule has 0 unspecified atom stereocenters. The van der Waals surface area contributed by atoms with Crippen LogP contribution in [-0.4, -0.2) is 48.4 Å². The number of hydrogen-bond donors (Lipinski definition) is 1. The molecule has 0 aromatic rings. The van der Waals surface area contributed by atoms with Crippen molar-refractivity contribution in [3.05, 3.63) is 11.8 Å². The summed E-state index contributed by atoms with van der Waals surface area (Å²) in [5, 5.41) is 0. The van der Waals surface area contributed by atoms with E-state index in [4.69, 9.17) is 5.73 Å². The number of halogens is 13. The minimum Gasteiger partial charge on any atom is -0.462 e. The lowest BCUT2D eigenvalue weighted by atomic mass is 9.93. The van der Waals surface area contributed by atoms with Crippen LogP contribution < -0.4 is 5.73 Å². The SMILES string of the molecule is C/C(N)=C/C(=O)OCCC(F)(F)C(F)(F)C(F)(F)C(F)(F)C(F)(F)C(F)(F)F. The van der Waals surface area contributed by atoms with Crippen molar-refractivity contribution < 1.29 is 66.6 Å². The van der Waals surface area contributed by atoms with Gasteiger partial charge in [0.25, 0.3) is 0 Å². The quantitative estimate of drug-likeness (QED) is 0.338. The van der Waals surface area contributed by atoms with E-state index in [1.807, 2.05) is 0 Å². The van der Waals surface area contributed by atoms with Crippen molar-refractivity contribution in [3.63, 3.8) is 0 Å². The molecule has 166 valence electrons. The van der Waals surface area contributed by atoms with Crippen LogP contribution in [0.3, 0.4) is 0 Å². The van der Waals surface area contributed by atoms with Gasteiger partial charge in [-0.2, -0.15) is 57.1 Å². The Hall–Kier alpha value is -1.90. The first kappa shape index (κ1) is 26.1. The Balaban J connectivity index is 5.74. The molecule has 2 N–H and O–H groups in total. The average molecular weight is 447 g/mol. The maximum Gasteiger partial charge on any atom is 0.460 e. The smallest absolute Gasteiger partial charge is 0.460 e. The highest BCUT2D eigenvalue weighted by atomic mass is 19.4. The zero-order valence-electron chi connectivity index (χ0n) is 13.3. The number of nitrogens with two attached hydrogens (primary N) is 1. The summed E-state index contributed by atoms with van der Waals surface area (Å²) in [4.78, 5) is 10.9. The molecule has 0 saturated heterocycles. The monoisotopic (exact) mass is 447 g/mol. The molecule has 0 amide bonds. The highest BCUT2D eigenvalue weighted by Crippen LogP contribution is 2.60. The van der Waals surface area contributed by atoms with Crippen molar-refractivity contribution in [2.24, 2.45) is 5.73 Å². The van der Waals surface area contributed by atoms with Crippen molar-refractivity contribution in [2.75, 3.05) is 6.61 Å². The molecule has 0 atom stereocenters. The molecular weight excluding hydrogens is 437 g/mol.